The number of rotatable bonds is 7. The fraction of sp³-hybridized carbons (Fsp3) is 0.250. The maximum absolute atomic E-state index is 13.8. The van der Waals surface area contributed by atoms with Crippen LogP contribution >= 0.6 is 11.3 Å². The molecule has 1 aromatic heterocycles. The van der Waals surface area contributed by atoms with Gasteiger partial charge in [-0.2, -0.15) is 0 Å². The van der Waals surface area contributed by atoms with Crippen molar-refractivity contribution < 1.29 is 17.6 Å². The van der Waals surface area contributed by atoms with Crippen molar-refractivity contribution in [3.8, 4) is 0 Å². The molecule has 3 aromatic rings. The van der Waals surface area contributed by atoms with Crippen LogP contribution in [0.25, 0.3) is 10.1 Å². The third-order valence-corrected chi connectivity index (χ3v) is 6.62. The van der Waals surface area contributed by atoms with E-state index in [0.717, 1.165) is 10.3 Å². The summed E-state index contributed by atoms with van der Waals surface area (Å²) in [7, 11) is -3.37. The minimum absolute atomic E-state index is 0.0921. The lowest BCUT2D eigenvalue weighted by Gasteiger charge is -2.10. The Hall–Kier alpha value is -2.29. The Bertz CT molecular complexity index is 1090. The lowest BCUT2D eigenvalue weighted by Crippen LogP contribution is -2.31. The molecule has 148 valence electrons. The topological polar surface area (TPSA) is 75.3 Å². The van der Waals surface area contributed by atoms with Gasteiger partial charge < -0.3 is 5.32 Å². The Kier molecular flexibility index (Phi) is 6.12. The van der Waals surface area contributed by atoms with E-state index in [1.165, 1.54) is 17.4 Å². The SMILES string of the molecule is CC(C)NS(=O)(=O)Cc1ccc(CNC(=O)c2cc3c(F)cccc3s2)cc1. The van der Waals surface area contributed by atoms with E-state index in [1.807, 2.05) is 0 Å². The Balaban J connectivity index is 1.61. The molecule has 0 radical (unpaired) electrons. The smallest absolute Gasteiger partial charge is 0.261 e. The molecule has 0 fully saturated rings. The largest absolute Gasteiger partial charge is 0.347 e. The van der Waals surface area contributed by atoms with Gasteiger partial charge in [-0.15, -0.1) is 11.3 Å². The van der Waals surface area contributed by atoms with Crippen LogP contribution in [-0.4, -0.2) is 20.4 Å². The molecule has 8 heteroatoms. The molecule has 5 nitrogen and oxygen atoms in total. The van der Waals surface area contributed by atoms with Gasteiger partial charge in [-0.3, -0.25) is 4.79 Å². The van der Waals surface area contributed by atoms with Gasteiger partial charge in [-0.05, 0) is 43.2 Å². The Labute approximate surface area is 167 Å². The van der Waals surface area contributed by atoms with Gasteiger partial charge in [0.1, 0.15) is 5.82 Å². The van der Waals surface area contributed by atoms with Gasteiger partial charge in [-0.25, -0.2) is 17.5 Å². The Morgan fingerprint density at radius 2 is 1.79 bits per heavy atom. The lowest BCUT2D eigenvalue weighted by atomic mass is 10.1. The minimum Gasteiger partial charge on any atom is -0.347 e. The number of nitrogens with one attached hydrogen (secondary N) is 2. The van der Waals surface area contributed by atoms with E-state index < -0.39 is 10.0 Å². The summed E-state index contributed by atoms with van der Waals surface area (Å²) >= 11 is 1.24. The molecule has 2 aromatic carbocycles. The number of benzene rings is 2. The molecule has 0 unspecified atom stereocenters. The van der Waals surface area contributed by atoms with Gasteiger partial charge in [0.25, 0.3) is 5.91 Å². The normalized spacial score (nSPS) is 11.9. The fourth-order valence-electron chi connectivity index (χ4n) is 2.78. The Morgan fingerprint density at radius 1 is 1.11 bits per heavy atom. The number of carbonyl (C=O) groups excluding carboxylic acids is 1. The third kappa shape index (κ3) is 5.15. The zero-order chi connectivity index (χ0) is 20.3. The summed E-state index contributed by atoms with van der Waals surface area (Å²) in [6, 6.07) is 13.2. The summed E-state index contributed by atoms with van der Waals surface area (Å²) in [6.07, 6.45) is 0. The second kappa shape index (κ2) is 8.38. The molecule has 28 heavy (non-hydrogen) atoms. The molecule has 0 aliphatic carbocycles. The highest BCUT2D eigenvalue weighted by molar-refractivity contribution is 7.88. The van der Waals surface area contributed by atoms with Crippen LogP contribution in [0.15, 0.2) is 48.5 Å². The summed E-state index contributed by atoms with van der Waals surface area (Å²) in [5.74, 6) is -0.704. The minimum atomic E-state index is -3.37. The standard InChI is InChI=1S/C20H21FN2O3S2/c1-13(2)23-28(25,26)12-15-8-6-14(7-9-15)11-22-20(24)19-10-16-17(21)4-3-5-18(16)27-19/h3-10,13,23H,11-12H2,1-2H3,(H,22,24). The summed E-state index contributed by atoms with van der Waals surface area (Å²) in [4.78, 5) is 12.8. The quantitative estimate of drug-likeness (QED) is 0.611. The number of hydrogen-bond donors (Lipinski definition) is 2. The van der Waals surface area contributed by atoms with E-state index >= 15 is 0 Å². The summed E-state index contributed by atoms with van der Waals surface area (Å²) < 4.78 is 41.0. The maximum atomic E-state index is 13.8. The molecule has 1 amide bonds. The van der Waals surface area contributed by atoms with E-state index in [4.69, 9.17) is 0 Å². The van der Waals surface area contributed by atoms with Crippen molar-refractivity contribution >= 4 is 37.4 Å². The number of fused-ring (bicyclic) bond motifs is 1. The van der Waals surface area contributed by atoms with Crippen LogP contribution in [0.5, 0.6) is 0 Å². The number of hydrogen-bond acceptors (Lipinski definition) is 4. The average Bonchev–Trinajstić information content (AvgIpc) is 3.05. The molecule has 0 aliphatic rings. The molecule has 0 saturated carbocycles. The Morgan fingerprint density at radius 3 is 2.43 bits per heavy atom. The predicted octanol–water partition coefficient (Wildman–Crippen LogP) is 3.80. The molecule has 0 bridgehead atoms. The number of carbonyl (C=O) groups is 1. The first kappa shape index (κ1) is 20.4. The number of halogens is 1. The highest BCUT2D eigenvalue weighted by Crippen LogP contribution is 2.27. The van der Waals surface area contributed by atoms with Crippen molar-refractivity contribution in [1.29, 1.82) is 0 Å². The van der Waals surface area contributed by atoms with Gasteiger partial charge in [0.05, 0.1) is 10.6 Å². The van der Waals surface area contributed by atoms with Crippen LogP contribution in [0.2, 0.25) is 0 Å². The molecule has 3 rings (SSSR count). The van der Waals surface area contributed by atoms with Crippen molar-refractivity contribution in [1.82, 2.24) is 10.0 Å². The number of amides is 1. The van der Waals surface area contributed by atoms with Crippen molar-refractivity contribution in [2.45, 2.75) is 32.2 Å². The zero-order valence-electron chi connectivity index (χ0n) is 15.5. The molecule has 1 heterocycles. The molecular weight excluding hydrogens is 399 g/mol. The average molecular weight is 421 g/mol. The van der Waals surface area contributed by atoms with Crippen molar-refractivity contribution in [2.24, 2.45) is 0 Å². The second-order valence-electron chi connectivity index (χ2n) is 6.79. The van der Waals surface area contributed by atoms with Crippen LogP contribution in [0, 0.1) is 5.82 Å². The van der Waals surface area contributed by atoms with E-state index in [9.17, 15) is 17.6 Å². The van der Waals surface area contributed by atoms with Gasteiger partial charge in [0.2, 0.25) is 10.0 Å². The van der Waals surface area contributed by atoms with Crippen LogP contribution in [-0.2, 0) is 22.3 Å². The fourth-order valence-corrected chi connectivity index (χ4v) is 5.20. The molecule has 0 aliphatic heterocycles. The number of sulfonamides is 1. The first-order valence-corrected chi connectivity index (χ1v) is 11.2. The first-order chi connectivity index (χ1) is 13.2. The molecular formula is C20H21FN2O3S2. The summed E-state index contributed by atoms with van der Waals surface area (Å²) in [6.45, 7) is 3.84. The van der Waals surface area contributed by atoms with E-state index in [1.54, 1.807) is 56.3 Å². The van der Waals surface area contributed by atoms with E-state index in [2.05, 4.69) is 10.0 Å². The van der Waals surface area contributed by atoms with Gasteiger partial charge in [0, 0.05) is 22.7 Å². The predicted molar refractivity (Wildman–Crippen MR) is 110 cm³/mol. The van der Waals surface area contributed by atoms with Crippen molar-refractivity contribution in [3.63, 3.8) is 0 Å². The zero-order valence-corrected chi connectivity index (χ0v) is 17.2. The third-order valence-electron chi connectivity index (χ3n) is 3.98. The van der Waals surface area contributed by atoms with Crippen LogP contribution in [0.3, 0.4) is 0 Å². The van der Waals surface area contributed by atoms with E-state index in [0.29, 0.717) is 22.4 Å². The molecule has 0 spiro atoms. The van der Waals surface area contributed by atoms with E-state index in [-0.39, 0.29) is 23.5 Å². The molecule has 0 saturated heterocycles. The van der Waals surface area contributed by atoms with Gasteiger partial charge >= 0.3 is 0 Å². The summed E-state index contributed by atoms with van der Waals surface area (Å²) in [5, 5.41) is 3.25. The lowest BCUT2D eigenvalue weighted by molar-refractivity contribution is 0.0955. The van der Waals surface area contributed by atoms with Gasteiger partial charge in [-0.1, -0.05) is 30.3 Å². The molecule has 2 N–H and O–H groups in total. The van der Waals surface area contributed by atoms with Crippen LogP contribution in [0.4, 0.5) is 4.39 Å². The van der Waals surface area contributed by atoms with Gasteiger partial charge in [0.15, 0.2) is 0 Å². The first-order valence-electron chi connectivity index (χ1n) is 8.77. The molecule has 0 atom stereocenters. The highest BCUT2D eigenvalue weighted by Gasteiger charge is 2.14. The van der Waals surface area contributed by atoms with Crippen LogP contribution < -0.4 is 10.0 Å². The summed E-state index contributed by atoms with van der Waals surface area (Å²) in [5.41, 5.74) is 1.52. The highest BCUT2D eigenvalue weighted by atomic mass is 32.2. The van der Waals surface area contributed by atoms with Crippen molar-refractivity contribution in [3.05, 3.63) is 70.4 Å². The monoisotopic (exact) mass is 420 g/mol. The maximum Gasteiger partial charge on any atom is 0.261 e. The van der Waals surface area contributed by atoms with Crippen molar-refractivity contribution in [2.75, 3.05) is 0 Å². The number of thiophene rings is 1. The second-order valence-corrected chi connectivity index (χ2v) is 9.63. The van der Waals surface area contributed by atoms with Crippen LogP contribution in [0.1, 0.15) is 34.6 Å².